The zero-order valence-electron chi connectivity index (χ0n) is 8.85. The van der Waals surface area contributed by atoms with Gasteiger partial charge in [0.2, 0.25) is 0 Å². The van der Waals surface area contributed by atoms with Crippen molar-refractivity contribution < 1.29 is 8.42 Å². The molecule has 0 saturated carbocycles. The largest absolute Gasteiger partial charge is 0.373 e. The molecule has 0 amide bonds. The predicted molar refractivity (Wildman–Crippen MR) is 57.8 cm³/mol. The lowest BCUT2D eigenvalue weighted by Gasteiger charge is -2.12. The fourth-order valence-electron chi connectivity index (χ4n) is 0.980. The van der Waals surface area contributed by atoms with Gasteiger partial charge in [0.25, 0.3) is 10.0 Å². The highest BCUT2D eigenvalue weighted by atomic mass is 32.2. The molecule has 2 N–H and O–H groups in total. The standard InChI is InChI=1S/C8H14N4O2S/c1-9-8-5-4-7(6-10-8)15(13,14)11-12(2)3/h4-6,11H,1-3H3,(H,9,10). The van der Waals surface area contributed by atoms with E-state index in [1.807, 2.05) is 0 Å². The molecule has 7 heteroatoms. The second-order valence-electron chi connectivity index (χ2n) is 3.12. The van der Waals surface area contributed by atoms with Gasteiger partial charge >= 0.3 is 0 Å². The average Bonchev–Trinajstić information content (AvgIpc) is 2.16. The number of aromatic nitrogens is 1. The van der Waals surface area contributed by atoms with Gasteiger partial charge in [0.1, 0.15) is 10.7 Å². The first-order valence-electron chi connectivity index (χ1n) is 4.29. The van der Waals surface area contributed by atoms with Gasteiger partial charge in [0.15, 0.2) is 0 Å². The molecule has 0 spiro atoms. The third kappa shape index (κ3) is 3.15. The maximum atomic E-state index is 11.6. The van der Waals surface area contributed by atoms with Crippen molar-refractivity contribution in [2.45, 2.75) is 4.90 Å². The van der Waals surface area contributed by atoms with E-state index < -0.39 is 10.0 Å². The summed E-state index contributed by atoms with van der Waals surface area (Å²) in [5, 5.41) is 4.17. The summed E-state index contributed by atoms with van der Waals surface area (Å²) in [6.07, 6.45) is 1.30. The Bertz CT molecular complexity index is 413. The summed E-state index contributed by atoms with van der Waals surface area (Å²) in [5.41, 5.74) is 0. The number of hydrogen-bond donors (Lipinski definition) is 2. The molecule has 15 heavy (non-hydrogen) atoms. The highest BCUT2D eigenvalue weighted by Crippen LogP contribution is 2.09. The van der Waals surface area contributed by atoms with Crippen molar-refractivity contribution in [2.75, 3.05) is 26.5 Å². The van der Waals surface area contributed by atoms with E-state index in [2.05, 4.69) is 15.1 Å². The first kappa shape index (κ1) is 11.9. The first-order valence-corrected chi connectivity index (χ1v) is 5.77. The topological polar surface area (TPSA) is 74.3 Å². The summed E-state index contributed by atoms with van der Waals surface area (Å²) < 4.78 is 23.3. The van der Waals surface area contributed by atoms with Gasteiger partial charge in [0, 0.05) is 27.3 Å². The van der Waals surface area contributed by atoms with E-state index in [0.717, 1.165) is 0 Å². The van der Waals surface area contributed by atoms with Crippen molar-refractivity contribution in [1.82, 2.24) is 14.8 Å². The molecule has 0 fully saturated rings. The zero-order chi connectivity index (χ0) is 11.5. The molecule has 0 atom stereocenters. The molecular formula is C8H14N4O2S. The molecule has 1 aromatic heterocycles. The van der Waals surface area contributed by atoms with Crippen LogP contribution in [0.15, 0.2) is 23.2 Å². The third-order valence-corrected chi connectivity index (χ3v) is 3.07. The molecular weight excluding hydrogens is 216 g/mol. The molecule has 0 unspecified atom stereocenters. The number of anilines is 1. The number of hydrazine groups is 1. The van der Waals surface area contributed by atoms with Crippen molar-refractivity contribution in [3.63, 3.8) is 0 Å². The van der Waals surface area contributed by atoms with E-state index in [9.17, 15) is 8.42 Å². The third-order valence-electron chi connectivity index (χ3n) is 1.61. The van der Waals surface area contributed by atoms with Crippen LogP contribution in [0.1, 0.15) is 0 Å². The van der Waals surface area contributed by atoms with E-state index in [0.29, 0.717) is 5.82 Å². The fourth-order valence-corrected chi connectivity index (χ4v) is 2.00. The monoisotopic (exact) mass is 230 g/mol. The predicted octanol–water partition coefficient (Wildman–Crippen LogP) is -0.122. The number of hydrogen-bond acceptors (Lipinski definition) is 5. The van der Waals surface area contributed by atoms with Crippen molar-refractivity contribution in [3.05, 3.63) is 18.3 Å². The Kier molecular flexibility index (Phi) is 3.61. The lowest BCUT2D eigenvalue weighted by atomic mass is 10.5. The van der Waals surface area contributed by atoms with E-state index in [4.69, 9.17) is 0 Å². The van der Waals surface area contributed by atoms with Crippen LogP contribution in [-0.4, -0.2) is 39.6 Å². The van der Waals surface area contributed by atoms with E-state index in [1.54, 1.807) is 27.2 Å². The van der Waals surface area contributed by atoms with Crippen molar-refractivity contribution in [1.29, 1.82) is 0 Å². The molecule has 0 bridgehead atoms. The molecule has 6 nitrogen and oxygen atoms in total. The van der Waals surface area contributed by atoms with Crippen LogP contribution in [-0.2, 0) is 10.0 Å². The van der Waals surface area contributed by atoms with E-state index >= 15 is 0 Å². The highest BCUT2D eigenvalue weighted by Gasteiger charge is 2.14. The first-order chi connectivity index (χ1) is 6.95. The van der Waals surface area contributed by atoms with E-state index in [-0.39, 0.29) is 4.90 Å². The Labute approximate surface area is 89.3 Å². The summed E-state index contributed by atoms with van der Waals surface area (Å²) in [5.74, 6) is 0.624. The quantitative estimate of drug-likeness (QED) is 0.705. The minimum absolute atomic E-state index is 0.134. The number of sulfonamides is 1. The van der Waals surface area contributed by atoms with Crippen molar-refractivity contribution in [2.24, 2.45) is 0 Å². The lowest BCUT2D eigenvalue weighted by molar-refractivity contribution is 0.364. The molecule has 0 aromatic carbocycles. The molecule has 0 radical (unpaired) electrons. The molecule has 0 saturated heterocycles. The Balaban J connectivity index is 2.96. The van der Waals surface area contributed by atoms with Crippen LogP contribution >= 0.6 is 0 Å². The van der Waals surface area contributed by atoms with Gasteiger partial charge in [-0.05, 0) is 12.1 Å². The van der Waals surface area contributed by atoms with Gasteiger partial charge in [-0.25, -0.2) is 18.4 Å². The average molecular weight is 230 g/mol. The summed E-state index contributed by atoms with van der Waals surface area (Å²) in [6, 6.07) is 3.09. The van der Waals surface area contributed by atoms with Gasteiger partial charge in [-0.15, -0.1) is 4.83 Å². The van der Waals surface area contributed by atoms with Crippen LogP contribution in [0.4, 0.5) is 5.82 Å². The van der Waals surface area contributed by atoms with Crippen LogP contribution in [0.3, 0.4) is 0 Å². The minimum Gasteiger partial charge on any atom is -0.373 e. The normalized spacial score (nSPS) is 11.7. The van der Waals surface area contributed by atoms with Gasteiger partial charge in [-0.3, -0.25) is 0 Å². The van der Waals surface area contributed by atoms with E-state index in [1.165, 1.54) is 17.3 Å². The van der Waals surface area contributed by atoms with Gasteiger partial charge in [-0.1, -0.05) is 0 Å². The van der Waals surface area contributed by atoms with Crippen LogP contribution in [0, 0.1) is 0 Å². The summed E-state index contributed by atoms with van der Waals surface area (Å²) in [4.78, 5) is 6.37. The molecule has 0 aliphatic heterocycles. The maximum absolute atomic E-state index is 11.6. The fraction of sp³-hybridized carbons (Fsp3) is 0.375. The van der Waals surface area contributed by atoms with Crippen molar-refractivity contribution >= 4 is 15.8 Å². The van der Waals surface area contributed by atoms with Gasteiger partial charge in [0.05, 0.1) is 0 Å². The SMILES string of the molecule is CNc1ccc(S(=O)(=O)NN(C)C)cn1. The Morgan fingerprint density at radius 2 is 2.00 bits per heavy atom. The number of rotatable bonds is 4. The molecule has 0 aliphatic carbocycles. The summed E-state index contributed by atoms with van der Waals surface area (Å²) in [6.45, 7) is 0. The molecule has 1 heterocycles. The molecule has 84 valence electrons. The minimum atomic E-state index is -3.50. The molecule has 1 aromatic rings. The van der Waals surface area contributed by atoms with Crippen LogP contribution in [0.25, 0.3) is 0 Å². The van der Waals surface area contributed by atoms with Gasteiger partial charge < -0.3 is 5.32 Å². The van der Waals surface area contributed by atoms with Crippen molar-refractivity contribution in [3.8, 4) is 0 Å². The number of nitrogens with one attached hydrogen (secondary N) is 2. The lowest BCUT2D eigenvalue weighted by Crippen LogP contribution is -2.36. The Hall–Kier alpha value is -1.18. The van der Waals surface area contributed by atoms with Crippen LogP contribution < -0.4 is 10.1 Å². The summed E-state index contributed by atoms with van der Waals surface area (Å²) >= 11 is 0. The zero-order valence-corrected chi connectivity index (χ0v) is 9.67. The Morgan fingerprint density at radius 1 is 1.33 bits per heavy atom. The number of nitrogens with zero attached hydrogens (tertiary/aromatic N) is 2. The maximum Gasteiger partial charge on any atom is 0.254 e. The van der Waals surface area contributed by atoms with Gasteiger partial charge in [-0.2, -0.15) is 0 Å². The smallest absolute Gasteiger partial charge is 0.254 e. The second kappa shape index (κ2) is 4.56. The highest BCUT2D eigenvalue weighted by molar-refractivity contribution is 7.89. The number of pyridine rings is 1. The van der Waals surface area contributed by atoms with Crippen LogP contribution in [0.2, 0.25) is 0 Å². The second-order valence-corrected chi connectivity index (χ2v) is 4.78. The summed E-state index contributed by atoms with van der Waals surface area (Å²) in [7, 11) is 1.43. The molecule has 0 aliphatic rings. The Morgan fingerprint density at radius 3 is 2.40 bits per heavy atom. The van der Waals surface area contributed by atoms with Crippen LogP contribution in [0.5, 0.6) is 0 Å². The molecule has 1 rings (SSSR count).